The number of nitrogens with zero attached hydrogens (tertiary/aromatic N) is 8. The molecule has 13 rings (SSSR count). The van der Waals surface area contributed by atoms with Gasteiger partial charge in [0.15, 0.2) is 5.82 Å². The van der Waals surface area contributed by atoms with Crippen molar-refractivity contribution >= 4 is 65.4 Å². The van der Waals surface area contributed by atoms with Crippen molar-refractivity contribution in [3.05, 3.63) is 223 Å². The number of fused-ring (bicyclic) bond motifs is 9. The Labute approximate surface area is 395 Å². The molecule has 0 atom stereocenters. The van der Waals surface area contributed by atoms with E-state index in [-0.39, 0.29) is 0 Å². The van der Waals surface area contributed by atoms with Crippen molar-refractivity contribution in [3.63, 3.8) is 0 Å². The Kier molecular flexibility index (Phi) is 8.85. The van der Waals surface area contributed by atoms with Gasteiger partial charge in [0.25, 0.3) is 0 Å². The predicted octanol–water partition coefficient (Wildman–Crippen LogP) is 14.4. The van der Waals surface area contributed by atoms with E-state index in [0.29, 0.717) is 45.0 Å². The first-order chi connectivity index (χ1) is 34.1. The van der Waals surface area contributed by atoms with Crippen LogP contribution in [0.4, 0.5) is 0 Å². The molecule has 0 aliphatic rings. The fourth-order valence-corrected chi connectivity index (χ4v) is 10.3. The van der Waals surface area contributed by atoms with Crippen molar-refractivity contribution < 1.29 is 0 Å². The highest BCUT2D eigenvalue weighted by molar-refractivity contribution is 6.14. The molecule has 8 nitrogen and oxygen atoms in total. The van der Waals surface area contributed by atoms with E-state index in [9.17, 15) is 15.8 Å². The second-order valence-electron chi connectivity index (χ2n) is 17.2. The molecule has 0 N–H and O–H groups in total. The largest absolute Gasteiger partial charge is 0.309 e. The Hall–Kier alpha value is -10.1. The van der Waals surface area contributed by atoms with Gasteiger partial charge in [0.1, 0.15) is 0 Å². The summed E-state index contributed by atoms with van der Waals surface area (Å²) < 4.78 is 6.95. The van der Waals surface area contributed by atoms with Gasteiger partial charge in [-0.2, -0.15) is 15.8 Å². The third-order valence-electron chi connectivity index (χ3n) is 13.3. The van der Waals surface area contributed by atoms with Crippen molar-refractivity contribution in [1.29, 1.82) is 15.8 Å². The van der Waals surface area contributed by atoms with Crippen LogP contribution in [-0.2, 0) is 0 Å². The summed E-state index contributed by atoms with van der Waals surface area (Å²) in [6, 6.07) is 76.8. The lowest BCUT2D eigenvalue weighted by molar-refractivity contribution is 1.15. The van der Waals surface area contributed by atoms with Crippen LogP contribution in [0.5, 0.6) is 0 Å². The number of rotatable bonds is 6. The Morgan fingerprint density at radius 1 is 0.319 bits per heavy atom. The summed E-state index contributed by atoms with van der Waals surface area (Å²) in [6.07, 6.45) is 0. The summed E-state index contributed by atoms with van der Waals surface area (Å²) in [6.45, 7) is 0. The summed E-state index contributed by atoms with van der Waals surface area (Å²) in [5, 5.41) is 37.4. The normalized spacial score (nSPS) is 11.4. The first kappa shape index (κ1) is 39.3. The van der Waals surface area contributed by atoms with Crippen LogP contribution in [0.2, 0.25) is 0 Å². The smallest absolute Gasteiger partial charge is 0.160 e. The molecule has 0 aliphatic heterocycles. The van der Waals surface area contributed by atoms with E-state index in [1.54, 1.807) is 30.3 Å². The molecule has 0 bridgehead atoms. The van der Waals surface area contributed by atoms with Crippen LogP contribution in [-0.4, -0.2) is 23.7 Å². The highest BCUT2D eigenvalue weighted by Gasteiger charge is 2.21. The molecule has 0 spiro atoms. The van der Waals surface area contributed by atoms with Crippen LogP contribution in [0, 0.1) is 34.0 Å². The zero-order chi connectivity index (χ0) is 46.2. The number of benzene rings is 9. The maximum atomic E-state index is 11.0. The van der Waals surface area contributed by atoms with Crippen LogP contribution in [0.1, 0.15) is 16.7 Å². The van der Waals surface area contributed by atoms with Gasteiger partial charge in [-0.05, 0) is 109 Å². The third-order valence-corrected chi connectivity index (χ3v) is 13.3. The van der Waals surface area contributed by atoms with Gasteiger partial charge in [-0.1, -0.05) is 97.1 Å². The standard InChI is InChI=1S/C61H34N8/c62-35-38-11-9-13-40(29-38)53-34-54(66-61(65-53)41-14-10-12-39(30-41)36-63)46-26-23-43(31-42(46)37-64)67-59-27-24-44(68-55-19-5-1-15-47(55)48-16-2-6-20-56(48)68)32-51(59)52-33-45(25-28-60(52)67)69-57-21-7-3-17-49(57)50-18-4-8-22-58(50)69/h1-34H. The van der Waals surface area contributed by atoms with Gasteiger partial charge in [-0.3, -0.25) is 0 Å². The minimum Gasteiger partial charge on any atom is -0.309 e. The maximum absolute atomic E-state index is 11.0. The molecule has 0 fully saturated rings. The van der Waals surface area contributed by atoms with E-state index in [1.807, 2.05) is 42.5 Å². The zero-order valence-corrected chi connectivity index (χ0v) is 36.7. The number of aromatic nitrogens is 5. The molecule has 9 aromatic carbocycles. The molecule has 0 saturated heterocycles. The van der Waals surface area contributed by atoms with E-state index in [1.165, 1.54) is 21.5 Å². The molecule has 4 aromatic heterocycles. The van der Waals surface area contributed by atoms with Gasteiger partial charge < -0.3 is 13.7 Å². The topological polar surface area (TPSA) is 112 Å². The molecule has 13 aromatic rings. The fourth-order valence-electron chi connectivity index (χ4n) is 10.3. The van der Waals surface area contributed by atoms with Crippen molar-refractivity contribution in [2.75, 3.05) is 0 Å². The van der Waals surface area contributed by atoms with E-state index in [2.05, 4.69) is 165 Å². The zero-order valence-electron chi connectivity index (χ0n) is 36.7. The summed E-state index contributed by atoms with van der Waals surface area (Å²) in [7, 11) is 0. The van der Waals surface area contributed by atoms with Gasteiger partial charge in [0.05, 0.1) is 79.4 Å². The van der Waals surface area contributed by atoms with Crippen LogP contribution in [0.3, 0.4) is 0 Å². The summed E-state index contributed by atoms with van der Waals surface area (Å²) >= 11 is 0. The second-order valence-corrected chi connectivity index (χ2v) is 17.2. The minimum atomic E-state index is 0.399. The van der Waals surface area contributed by atoms with Crippen LogP contribution in [0.25, 0.3) is 116 Å². The molecular formula is C61H34N8. The summed E-state index contributed by atoms with van der Waals surface area (Å²) in [5.41, 5.74) is 14.0. The maximum Gasteiger partial charge on any atom is 0.160 e. The first-order valence-corrected chi connectivity index (χ1v) is 22.6. The number of hydrogen-bond acceptors (Lipinski definition) is 5. The van der Waals surface area contributed by atoms with Crippen LogP contribution < -0.4 is 0 Å². The number of para-hydroxylation sites is 4. The first-order valence-electron chi connectivity index (χ1n) is 22.6. The second kappa shape index (κ2) is 15.5. The average molecular weight is 879 g/mol. The van der Waals surface area contributed by atoms with Gasteiger partial charge in [-0.25, -0.2) is 9.97 Å². The van der Waals surface area contributed by atoms with Crippen molar-refractivity contribution in [2.45, 2.75) is 0 Å². The van der Waals surface area contributed by atoms with E-state index in [0.717, 1.165) is 66.5 Å². The predicted molar refractivity (Wildman–Crippen MR) is 276 cm³/mol. The minimum absolute atomic E-state index is 0.399. The van der Waals surface area contributed by atoms with Gasteiger partial charge in [-0.15, -0.1) is 0 Å². The van der Waals surface area contributed by atoms with Crippen molar-refractivity contribution in [3.8, 4) is 69.2 Å². The lowest BCUT2D eigenvalue weighted by atomic mass is 10.0. The van der Waals surface area contributed by atoms with E-state index in [4.69, 9.17) is 9.97 Å². The fraction of sp³-hybridized carbons (Fsp3) is 0. The quantitative estimate of drug-likeness (QED) is 0.165. The monoisotopic (exact) mass is 878 g/mol. The molecule has 4 heterocycles. The van der Waals surface area contributed by atoms with Gasteiger partial charge in [0.2, 0.25) is 0 Å². The molecule has 0 unspecified atom stereocenters. The lowest BCUT2D eigenvalue weighted by Gasteiger charge is -2.14. The lowest BCUT2D eigenvalue weighted by Crippen LogP contribution is -2.00. The molecule has 0 aliphatic carbocycles. The molecule has 69 heavy (non-hydrogen) atoms. The summed E-state index contributed by atoms with van der Waals surface area (Å²) in [4.78, 5) is 9.95. The average Bonchev–Trinajstić information content (AvgIpc) is 4.06. The van der Waals surface area contributed by atoms with Crippen molar-refractivity contribution in [2.24, 2.45) is 0 Å². The van der Waals surface area contributed by atoms with Crippen LogP contribution in [0.15, 0.2) is 206 Å². The SMILES string of the molecule is N#Cc1cccc(-c2cc(-c3ccc(-n4c5ccc(-n6c7ccccc7c7ccccc76)cc5c5cc(-n6c7ccccc7c7ccccc76)ccc54)cc3C#N)nc(-c3cccc(C#N)c3)n2)c1. The highest BCUT2D eigenvalue weighted by Crippen LogP contribution is 2.40. The molecule has 0 radical (unpaired) electrons. The Morgan fingerprint density at radius 2 is 0.739 bits per heavy atom. The number of nitriles is 3. The Bertz CT molecular complexity index is 4080. The summed E-state index contributed by atoms with van der Waals surface area (Å²) in [5.74, 6) is 0.399. The van der Waals surface area contributed by atoms with Crippen molar-refractivity contribution in [1.82, 2.24) is 23.7 Å². The van der Waals surface area contributed by atoms with E-state index >= 15 is 0 Å². The molecule has 0 saturated carbocycles. The van der Waals surface area contributed by atoms with Gasteiger partial charge in [0, 0.05) is 66.1 Å². The molecular weight excluding hydrogens is 845 g/mol. The molecule has 318 valence electrons. The Balaban J connectivity index is 1.04. The highest BCUT2D eigenvalue weighted by atomic mass is 15.0. The molecule has 8 heteroatoms. The number of hydrogen-bond donors (Lipinski definition) is 0. The van der Waals surface area contributed by atoms with Gasteiger partial charge >= 0.3 is 0 Å². The molecule has 0 amide bonds. The third kappa shape index (κ3) is 6.20. The van der Waals surface area contributed by atoms with E-state index < -0.39 is 0 Å². The Morgan fingerprint density at radius 3 is 1.23 bits per heavy atom. The van der Waals surface area contributed by atoms with Crippen LogP contribution >= 0.6 is 0 Å².